The van der Waals surface area contributed by atoms with E-state index in [0.717, 1.165) is 10.6 Å². The predicted octanol–water partition coefficient (Wildman–Crippen LogP) is 0.586. The van der Waals surface area contributed by atoms with Gasteiger partial charge in [0.1, 0.15) is 6.10 Å². The molecule has 1 aromatic rings. The van der Waals surface area contributed by atoms with E-state index in [-0.39, 0.29) is 31.7 Å². The molecule has 0 saturated carbocycles. The third kappa shape index (κ3) is 6.90. The van der Waals surface area contributed by atoms with Crippen molar-refractivity contribution in [2.45, 2.75) is 58.2 Å². The maximum Gasteiger partial charge on any atom is 0.330 e. The Morgan fingerprint density at radius 1 is 1.38 bits per heavy atom. The van der Waals surface area contributed by atoms with Gasteiger partial charge in [0.15, 0.2) is 6.23 Å². The number of nitrogens with one attached hydrogen (secondary N) is 1. The Morgan fingerprint density at radius 3 is 2.76 bits per heavy atom. The van der Waals surface area contributed by atoms with Crippen LogP contribution in [-0.2, 0) is 27.9 Å². The van der Waals surface area contributed by atoms with Crippen molar-refractivity contribution in [1.29, 1.82) is 0 Å². The van der Waals surface area contributed by atoms with Crippen LogP contribution in [-0.4, -0.2) is 52.2 Å². The van der Waals surface area contributed by atoms with E-state index in [1.165, 1.54) is 6.20 Å². The fourth-order valence-electron chi connectivity index (χ4n) is 2.80. The van der Waals surface area contributed by atoms with Crippen LogP contribution in [0, 0.1) is 5.92 Å². The molecule has 1 unspecified atom stereocenters. The van der Waals surface area contributed by atoms with E-state index < -0.39 is 43.9 Å². The van der Waals surface area contributed by atoms with Gasteiger partial charge >= 0.3 is 19.9 Å². The zero-order valence-corrected chi connectivity index (χ0v) is 17.5. The van der Waals surface area contributed by atoms with Crippen LogP contribution in [0.2, 0.25) is 0 Å². The minimum atomic E-state index is -2.81. The van der Waals surface area contributed by atoms with Crippen molar-refractivity contribution < 1.29 is 33.0 Å². The Labute approximate surface area is 167 Å². The summed E-state index contributed by atoms with van der Waals surface area (Å²) in [5, 5.41) is 10.4. The van der Waals surface area contributed by atoms with Crippen molar-refractivity contribution in [1.82, 2.24) is 9.55 Å². The molecule has 1 aromatic heterocycles. The third-order valence-electron chi connectivity index (χ3n) is 4.33. The van der Waals surface area contributed by atoms with Crippen LogP contribution in [0.1, 0.15) is 39.8 Å². The smallest absolute Gasteiger partial charge is 0.330 e. The molecule has 0 bridgehead atoms. The van der Waals surface area contributed by atoms with Gasteiger partial charge in [-0.15, -0.1) is 0 Å². The molecule has 11 nitrogen and oxygen atoms in total. The summed E-state index contributed by atoms with van der Waals surface area (Å²) in [5.74, 6) is -0.769. The highest BCUT2D eigenvalue weighted by Gasteiger charge is 2.42. The Balaban J connectivity index is 1.77. The number of carbonyl (C=O) groups is 1. The molecule has 5 atom stereocenters. The minimum Gasteiger partial charge on any atom is -0.463 e. The lowest BCUT2D eigenvalue weighted by atomic mass is 10.0. The van der Waals surface area contributed by atoms with Gasteiger partial charge in [-0.2, -0.15) is 0 Å². The van der Waals surface area contributed by atoms with E-state index in [0.29, 0.717) is 6.42 Å². The minimum absolute atomic E-state index is 0.0735. The molecule has 1 aliphatic rings. The maximum atomic E-state index is 11.9. The van der Waals surface area contributed by atoms with Gasteiger partial charge in [-0.25, -0.2) is 4.79 Å². The number of aromatic nitrogens is 2. The first kappa shape index (κ1) is 23.5. The SMILES string of the molecule is CC(C)OC(=O)CCCO[PH](=O)OC[C@H]1O[C@@H](n2ccc(=O)[nH]c2=O)[C@H](O)[C@@H]1C. The van der Waals surface area contributed by atoms with Crippen LogP contribution in [0.15, 0.2) is 21.9 Å². The Kier molecular flexibility index (Phi) is 8.79. The number of ether oxygens (including phenoxy) is 2. The molecule has 164 valence electrons. The fourth-order valence-corrected chi connectivity index (χ4v) is 3.49. The summed E-state index contributed by atoms with van der Waals surface area (Å²) in [4.78, 5) is 36.6. The van der Waals surface area contributed by atoms with E-state index in [1.54, 1.807) is 20.8 Å². The monoisotopic (exact) mass is 434 g/mol. The van der Waals surface area contributed by atoms with Crippen LogP contribution >= 0.6 is 8.25 Å². The third-order valence-corrected chi connectivity index (χ3v) is 5.18. The first-order valence-corrected chi connectivity index (χ1v) is 10.6. The number of rotatable bonds is 10. The molecule has 12 heteroatoms. The predicted molar refractivity (Wildman–Crippen MR) is 102 cm³/mol. The highest BCUT2D eigenvalue weighted by atomic mass is 31.1. The lowest BCUT2D eigenvalue weighted by molar-refractivity contribution is -0.147. The van der Waals surface area contributed by atoms with E-state index in [4.69, 9.17) is 18.5 Å². The molecular weight excluding hydrogens is 407 g/mol. The summed E-state index contributed by atoms with van der Waals surface area (Å²) in [7, 11) is -2.81. The van der Waals surface area contributed by atoms with Gasteiger partial charge in [-0.05, 0) is 20.3 Å². The zero-order valence-electron chi connectivity index (χ0n) is 16.5. The number of aliphatic hydroxyl groups excluding tert-OH is 1. The lowest BCUT2D eigenvalue weighted by Crippen LogP contribution is -2.35. The largest absolute Gasteiger partial charge is 0.463 e. The molecule has 0 radical (unpaired) electrons. The molecule has 1 saturated heterocycles. The maximum absolute atomic E-state index is 11.9. The van der Waals surface area contributed by atoms with Crippen LogP contribution in [0.4, 0.5) is 0 Å². The second-order valence-electron chi connectivity index (χ2n) is 6.98. The van der Waals surface area contributed by atoms with Gasteiger partial charge in [0, 0.05) is 24.6 Å². The van der Waals surface area contributed by atoms with Crippen LogP contribution in [0.25, 0.3) is 0 Å². The van der Waals surface area contributed by atoms with Gasteiger partial charge in [0.25, 0.3) is 5.56 Å². The van der Waals surface area contributed by atoms with Gasteiger partial charge in [-0.3, -0.25) is 23.7 Å². The summed E-state index contributed by atoms with van der Waals surface area (Å²) in [6.07, 6.45) is -1.12. The van der Waals surface area contributed by atoms with E-state index in [9.17, 15) is 24.1 Å². The van der Waals surface area contributed by atoms with Gasteiger partial charge in [0.2, 0.25) is 0 Å². The standard InChI is InChI=1S/C17H27N2O9P/c1-10(2)27-14(21)5-4-8-25-29(24)26-9-12-11(3)15(22)16(28-12)19-7-6-13(20)18-17(19)23/h6-7,10-12,15-16,22,29H,4-5,8-9H2,1-3H3,(H,18,20,23)/t11-,12-,15-,16-/m1/s1. The van der Waals surface area contributed by atoms with E-state index >= 15 is 0 Å². The second kappa shape index (κ2) is 10.8. The second-order valence-corrected chi connectivity index (χ2v) is 8.06. The molecule has 2 heterocycles. The van der Waals surface area contributed by atoms with Crippen molar-refractivity contribution >= 4 is 14.2 Å². The summed E-state index contributed by atoms with van der Waals surface area (Å²) >= 11 is 0. The molecule has 0 spiro atoms. The molecule has 2 N–H and O–H groups in total. The normalized spacial score (nSPS) is 25.3. The average Bonchev–Trinajstić information content (AvgIpc) is 2.91. The summed E-state index contributed by atoms with van der Waals surface area (Å²) in [5.41, 5.74) is -1.26. The van der Waals surface area contributed by atoms with Gasteiger partial charge in [0.05, 0.1) is 25.4 Å². The molecular formula is C17H27N2O9P. The lowest BCUT2D eigenvalue weighted by Gasteiger charge is -2.17. The number of hydrogen-bond acceptors (Lipinski definition) is 9. The average molecular weight is 434 g/mol. The topological polar surface area (TPSA) is 146 Å². The van der Waals surface area contributed by atoms with Crippen LogP contribution in [0.3, 0.4) is 0 Å². The summed E-state index contributed by atoms with van der Waals surface area (Å²) in [6, 6.07) is 1.15. The van der Waals surface area contributed by atoms with Crippen molar-refractivity contribution in [2.24, 2.45) is 5.92 Å². The first-order chi connectivity index (χ1) is 13.7. The number of aliphatic hydroxyl groups is 1. The van der Waals surface area contributed by atoms with Crippen molar-refractivity contribution in [2.75, 3.05) is 13.2 Å². The van der Waals surface area contributed by atoms with Gasteiger partial charge in [-0.1, -0.05) is 6.92 Å². The van der Waals surface area contributed by atoms with Gasteiger partial charge < -0.3 is 23.6 Å². The number of aromatic amines is 1. The zero-order chi connectivity index (χ0) is 21.6. The highest BCUT2D eigenvalue weighted by Crippen LogP contribution is 2.35. The highest BCUT2D eigenvalue weighted by molar-refractivity contribution is 7.33. The Bertz CT molecular complexity index is 822. The fraction of sp³-hybridized carbons (Fsp3) is 0.706. The Morgan fingerprint density at radius 2 is 2.10 bits per heavy atom. The number of esters is 1. The van der Waals surface area contributed by atoms with E-state index in [1.807, 2.05) is 0 Å². The van der Waals surface area contributed by atoms with Crippen molar-refractivity contribution in [3.63, 3.8) is 0 Å². The number of hydrogen-bond donors (Lipinski definition) is 2. The number of H-pyrrole nitrogens is 1. The Hall–Kier alpha value is -1.78. The van der Waals surface area contributed by atoms with Crippen LogP contribution < -0.4 is 11.2 Å². The van der Waals surface area contributed by atoms with Crippen molar-refractivity contribution in [3.8, 4) is 0 Å². The molecule has 0 amide bonds. The molecule has 1 fully saturated rings. The number of carbonyl (C=O) groups excluding carboxylic acids is 1. The first-order valence-electron chi connectivity index (χ1n) is 9.33. The molecule has 1 aliphatic heterocycles. The molecule has 0 aliphatic carbocycles. The van der Waals surface area contributed by atoms with Crippen LogP contribution in [0.5, 0.6) is 0 Å². The number of nitrogens with zero attached hydrogens (tertiary/aromatic N) is 1. The molecule has 2 rings (SSSR count). The summed E-state index contributed by atoms with van der Waals surface area (Å²) in [6.45, 7) is 5.17. The summed E-state index contributed by atoms with van der Waals surface area (Å²) < 4.78 is 33.8. The molecule has 29 heavy (non-hydrogen) atoms. The van der Waals surface area contributed by atoms with Crippen molar-refractivity contribution in [3.05, 3.63) is 33.1 Å². The quantitative estimate of drug-likeness (QED) is 0.307. The molecule has 0 aromatic carbocycles. The van der Waals surface area contributed by atoms with E-state index in [2.05, 4.69) is 4.98 Å².